The minimum atomic E-state index is -0.325. The second-order valence-corrected chi connectivity index (χ2v) is 10.0. The highest BCUT2D eigenvalue weighted by atomic mass is 16.6. The molecule has 0 radical (unpaired) electrons. The Bertz CT molecular complexity index is 1450. The van der Waals surface area contributed by atoms with Crippen molar-refractivity contribution in [2.75, 3.05) is 33.3 Å². The third-order valence-electron chi connectivity index (χ3n) is 7.57. The average Bonchev–Trinajstić information content (AvgIpc) is 3.00. The molecule has 208 valence electrons. The molecular formula is C32H35N3O5. The SMILES string of the molecule is COc1ccccc1NC(=O)CO/N=C(/C)c1cccc(C2=N[C@@H]3CCCC[C@@H]3c3cc(OC)c(OC)cc32)c1. The number of methoxy groups -OCH3 is 3. The number of carbonyl (C=O) groups excluding carboxylic acids is 1. The quantitative estimate of drug-likeness (QED) is 0.266. The van der Waals surface area contributed by atoms with Crippen LogP contribution in [-0.4, -0.2) is 51.3 Å². The first-order valence-corrected chi connectivity index (χ1v) is 13.6. The number of fused-ring (bicyclic) bond motifs is 3. The van der Waals surface area contributed by atoms with E-state index < -0.39 is 0 Å². The Balaban J connectivity index is 1.37. The smallest absolute Gasteiger partial charge is 0.265 e. The molecule has 5 rings (SSSR count). The van der Waals surface area contributed by atoms with Crippen LogP contribution in [0.25, 0.3) is 0 Å². The average molecular weight is 542 g/mol. The minimum Gasteiger partial charge on any atom is -0.495 e. The van der Waals surface area contributed by atoms with Gasteiger partial charge in [-0.1, -0.05) is 48.3 Å². The van der Waals surface area contributed by atoms with Gasteiger partial charge in [0, 0.05) is 17.0 Å². The van der Waals surface area contributed by atoms with E-state index in [9.17, 15) is 4.79 Å². The van der Waals surface area contributed by atoms with Gasteiger partial charge in [0.15, 0.2) is 18.1 Å². The van der Waals surface area contributed by atoms with E-state index >= 15 is 0 Å². The Kier molecular flexibility index (Phi) is 8.34. The Hall–Kier alpha value is -4.33. The minimum absolute atomic E-state index is 0.222. The Labute approximate surface area is 235 Å². The van der Waals surface area contributed by atoms with E-state index in [1.54, 1.807) is 33.5 Å². The van der Waals surface area contributed by atoms with Crippen LogP contribution in [0.2, 0.25) is 0 Å². The number of aliphatic imine (C=N–C) groups is 1. The molecule has 1 saturated carbocycles. The predicted molar refractivity (Wildman–Crippen MR) is 156 cm³/mol. The Morgan fingerprint density at radius 1 is 0.925 bits per heavy atom. The molecule has 8 heteroatoms. The summed E-state index contributed by atoms with van der Waals surface area (Å²) in [4.78, 5) is 23.1. The standard InChI is InChI=1S/C32H35N3O5/c1-20(35-40-19-31(36)33-27-14-7-8-15-28(27)37-2)21-10-9-11-22(16-21)32-25-18-30(39-4)29(38-3)17-24(25)23-12-5-6-13-26(23)34-32/h7-11,14-18,23,26H,5-6,12-13,19H2,1-4H3,(H,33,36)/b35-20-/t23-,26-/m1/s1. The van der Waals surface area contributed by atoms with Crippen LogP contribution in [0.5, 0.6) is 17.2 Å². The van der Waals surface area contributed by atoms with Crippen LogP contribution in [0.1, 0.15) is 60.8 Å². The van der Waals surface area contributed by atoms with Gasteiger partial charge in [-0.05, 0) is 61.2 Å². The summed E-state index contributed by atoms with van der Waals surface area (Å²) in [5.41, 5.74) is 6.42. The van der Waals surface area contributed by atoms with Crippen molar-refractivity contribution < 1.29 is 23.8 Å². The maximum absolute atomic E-state index is 12.4. The van der Waals surface area contributed by atoms with Gasteiger partial charge in [-0.25, -0.2) is 0 Å². The van der Waals surface area contributed by atoms with E-state index in [0.717, 1.165) is 41.0 Å². The number of rotatable bonds is 9. The van der Waals surface area contributed by atoms with E-state index in [4.69, 9.17) is 24.0 Å². The first-order valence-electron chi connectivity index (χ1n) is 13.6. The number of benzene rings is 3. The predicted octanol–water partition coefficient (Wildman–Crippen LogP) is 5.97. The number of amides is 1. The fourth-order valence-electron chi connectivity index (χ4n) is 5.57. The maximum Gasteiger partial charge on any atom is 0.265 e. The van der Waals surface area contributed by atoms with E-state index in [2.05, 4.69) is 34.7 Å². The van der Waals surface area contributed by atoms with Crippen molar-refractivity contribution in [2.45, 2.75) is 44.6 Å². The van der Waals surface area contributed by atoms with Crippen LogP contribution in [0.4, 0.5) is 5.69 Å². The number of hydrogen-bond acceptors (Lipinski definition) is 7. The third-order valence-corrected chi connectivity index (χ3v) is 7.57. The summed E-state index contributed by atoms with van der Waals surface area (Å²) in [5.74, 6) is 2.08. The lowest BCUT2D eigenvalue weighted by Crippen LogP contribution is -2.29. The number of ether oxygens (including phenoxy) is 3. The summed E-state index contributed by atoms with van der Waals surface area (Å²) in [7, 11) is 4.89. The molecule has 1 amide bonds. The fraction of sp³-hybridized carbons (Fsp3) is 0.344. The van der Waals surface area contributed by atoms with Crippen molar-refractivity contribution in [1.29, 1.82) is 0 Å². The van der Waals surface area contributed by atoms with Gasteiger partial charge in [-0.15, -0.1) is 0 Å². The van der Waals surface area contributed by atoms with Crippen molar-refractivity contribution in [2.24, 2.45) is 10.1 Å². The van der Waals surface area contributed by atoms with Gasteiger partial charge in [0.2, 0.25) is 0 Å². The molecule has 1 aliphatic heterocycles. The molecule has 0 saturated heterocycles. The first kappa shape index (κ1) is 27.2. The summed E-state index contributed by atoms with van der Waals surface area (Å²) < 4.78 is 16.6. The summed E-state index contributed by atoms with van der Waals surface area (Å²) in [6.07, 6.45) is 4.60. The molecular weight excluding hydrogens is 506 g/mol. The molecule has 2 atom stereocenters. The fourth-order valence-corrected chi connectivity index (χ4v) is 5.57. The lowest BCUT2D eigenvalue weighted by atomic mass is 9.75. The van der Waals surface area contributed by atoms with Gasteiger partial charge in [0.05, 0.1) is 44.5 Å². The van der Waals surface area contributed by atoms with Crippen LogP contribution >= 0.6 is 0 Å². The largest absolute Gasteiger partial charge is 0.495 e. The number of nitrogens with one attached hydrogen (secondary N) is 1. The maximum atomic E-state index is 12.4. The van der Waals surface area contributed by atoms with Crippen molar-refractivity contribution in [3.8, 4) is 17.2 Å². The normalized spacial score (nSPS) is 18.1. The number of para-hydroxylation sites is 2. The van der Waals surface area contributed by atoms with E-state index in [-0.39, 0.29) is 18.6 Å². The zero-order valence-electron chi connectivity index (χ0n) is 23.4. The van der Waals surface area contributed by atoms with Crippen LogP contribution in [0, 0.1) is 0 Å². The number of oxime groups is 1. The highest BCUT2D eigenvalue weighted by Crippen LogP contribution is 2.44. The second-order valence-electron chi connectivity index (χ2n) is 10.0. The molecule has 0 spiro atoms. The molecule has 2 aliphatic rings. The number of anilines is 1. The first-order chi connectivity index (χ1) is 19.5. The lowest BCUT2D eigenvalue weighted by molar-refractivity contribution is -0.120. The molecule has 3 aromatic carbocycles. The summed E-state index contributed by atoms with van der Waals surface area (Å²) in [6, 6.07) is 19.7. The molecule has 1 N–H and O–H groups in total. The molecule has 0 unspecified atom stereocenters. The molecule has 40 heavy (non-hydrogen) atoms. The second kappa shape index (κ2) is 12.2. The van der Waals surface area contributed by atoms with Crippen LogP contribution in [0.3, 0.4) is 0 Å². The Morgan fingerprint density at radius 2 is 1.68 bits per heavy atom. The highest BCUT2D eigenvalue weighted by molar-refractivity contribution is 6.16. The Morgan fingerprint density at radius 3 is 2.48 bits per heavy atom. The zero-order chi connectivity index (χ0) is 28.1. The van der Waals surface area contributed by atoms with Crippen LogP contribution in [0.15, 0.2) is 70.8 Å². The number of nitrogens with zero attached hydrogens (tertiary/aromatic N) is 2. The van der Waals surface area contributed by atoms with Gasteiger partial charge < -0.3 is 24.4 Å². The van der Waals surface area contributed by atoms with Gasteiger partial charge in [0.25, 0.3) is 5.91 Å². The number of hydrogen-bond donors (Lipinski definition) is 1. The van der Waals surface area contributed by atoms with Crippen molar-refractivity contribution in [3.63, 3.8) is 0 Å². The highest BCUT2D eigenvalue weighted by Gasteiger charge is 2.34. The third kappa shape index (κ3) is 5.66. The molecule has 8 nitrogen and oxygen atoms in total. The topological polar surface area (TPSA) is 90.7 Å². The van der Waals surface area contributed by atoms with Gasteiger partial charge >= 0.3 is 0 Å². The van der Waals surface area contributed by atoms with E-state index in [1.807, 2.05) is 31.2 Å². The van der Waals surface area contributed by atoms with Gasteiger partial charge in [-0.2, -0.15) is 0 Å². The summed E-state index contributed by atoms with van der Waals surface area (Å²) in [5, 5.41) is 7.00. The molecule has 1 heterocycles. The van der Waals surface area contributed by atoms with E-state index in [1.165, 1.54) is 18.4 Å². The monoisotopic (exact) mass is 541 g/mol. The van der Waals surface area contributed by atoms with Crippen molar-refractivity contribution >= 4 is 23.0 Å². The van der Waals surface area contributed by atoms with Crippen LogP contribution in [-0.2, 0) is 9.63 Å². The van der Waals surface area contributed by atoms with Crippen molar-refractivity contribution in [1.82, 2.24) is 0 Å². The molecule has 1 fully saturated rings. The van der Waals surface area contributed by atoms with Gasteiger partial charge in [-0.3, -0.25) is 9.79 Å². The van der Waals surface area contributed by atoms with Crippen molar-refractivity contribution in [3.05, 3.63) is 82.9 Å². The summed E-state index contributed by atoms with van der Waals surface area (Å²) in [6.45, 7) is 1.64. The lowest BCUT2D eigenvalue weighted by Gasteiger charge is -2.35. The van der Waals surface area contributed by atoms with Crippen LogP contribution < -0.4 is 19.5 Å². The molecule has 3 aromatic rings. The molecule has 0 aromatic heterocycles. The molecule has 1 aliphatic carbocycles. The van der Waals surface area contributed by atoms with E-state index in [0.29, 0.717) is 28.8 Å². The summed E-state index contributed by atoms with van der Waals surface area (Å²) >= 11 is 0. The number of carbonyl (C=O) groups is 1. The molecule has 0 bridgehead atoms. The zero-order valence-corrected chi connectivity index (χ0v) is 23.4. The van der Waals surface area contributed by atoms with Gasteiger partial charge in [0.1, 0.15) is 5.75 Å².